The van der Waals surface area contributed by atoms with Gasteiger partial charge in [0.15, 0.2) is 0 Å². The molecule has 1 aromatic carbocycles. The second-order valence-corrected chi connectivity index (χ2v) is 2.80. The maximum atomic E-state index is 5.62. The Morgan fingerprint density at radius 3 is 2.85 bits per heavy atom. The zero-order valence-electron chi connectivity index (χ0n) is 7.20. The summed E-state index contributed by atoms with van der Waals surface area (Å²) < 4.78 is 0. The van der Waals surface area contributed by atoms with Gasteiger partial charge in [-0.05, 0) is 5.56 Å². The van der Waals surface area contributed by atoms with Crippen molar-refractivity contribution in [3.05, 3.63) is 42.2 Å². The normalized spacial score (nSPS) is 10.2. The number of H-pyrrole nitrogens is 1. The van der Waals surface area contributed by atoms with E-state index in [0.29, 0.717) is 6.54 Å². The number of nitrogens with one attached hydrogen (secondary N) is 1. The van der Waals surface area contributed by atoms with E-state index in [2.05, 4.69) is 9.97 Å². The molecule has 2 rings (SSSR count). The van der Waals surface area contributed by atoms with Crippen LogP contribution < -0.4 is 5.73 Å². The summed E-state index contributed by atoms with van der Waals surface area (Å²) >= 11 is 0. The van der Waals surface area contributed by atoms with Crippen molar-refractivity contribution in [2.24, 2.45) is 5.73 Å². The quantitative estimate of drug-likeness (QED) is 0.723. The molecule has 0 aliphatic carbocycles. The number of aromatic nitrogens is 2. The smallest absolute Gasteiger partial charge is 0.137 e. The molecule has 0 amide bonds. The first kappa shape index (κ1) is 8.01. The number of benzene rings is 1. The van der Waals surface area contributed by atoms with Gasteiger partial charge in [0.2, 0.25) is 0 Å². The van der Waals surface area contributed by atoms with E-state index in [1.54, 1.807) is 6.20 Å². The minimum Gasteiger partial charge on any atom is -0.345 e. The maximum absolute atomic E-state index is 5.62. The predicted octanol–water partition coefficient (Wildman–Crippen LogP) is 1.54. The van der Waals surface area contributed by atoms with Crippen molar-refractivity contribution >= 4 is 0 Å². The second-order valence-electron chi connectivity index (χ2n) is 2.80. The van der Waals surface area contributed by atoms with Gasteiger partial charge < -0.3 is 10.7 Å². The van der Waals surface area contributed by atoms with Crippen LogP contribution in [-0.2, 0) is 6.54 Å². The summed E-state index contributed by atoms with van der Waals surface area (Å²) in [7, 11) is 0. The molecule has 0 aliphatic rings. The molecule has 0 spiro atoms. The number of imidazole rings is 1. The van der Waals surface area contributed by atoms with Crippen LogP contribution in [0, 0.1) is 0 Å². The third-order valence-corrected chi connectivity index (χ3v) is 1.99. The van der Waals surface area contributed by atoms with Gasteiger partial charge in [-0.2, -0.15) is 0 Å². The predicted molar refractivity (Wildman–Crippen MR) is 51.9 cm³/mol. The van der Waals surface area contributed by atoms with E-state index in [-0.39, 0.29) is 0 Å². The monoisotopic (exact) mass is 173 g/mol. The largest absolute Gasteiger partial charge is 0.345 e. The minimum atomic E-state index is 0.539. The Labute approximate surface area is 76.6 Å². The number of aromatic amines is 1. The van der Waals surface area contributed by atoms with E-state index in [0.717, 1.165) is 17.0 Å². The Balaban J connectivity index is 2.51. The van der Waals surface area contributed by atoms with Gasteiger partial charge in [-0.1, -0.05) is 24.3 Å². The standard InChI is InChI=1S/C10H11N3/c11-7-8-3-1-2-4-9(8)10-12-5-6-13-10/h1-6H,7,11H2,(H,12,13). The van der Waals surface area contributed by atoms with Crippen molar-refractivity contribution in [1.29, 1.82) is 0 Å². The third-order valence-electron chi connectivity index (χ3n) is 1.99. The van der Waals surface area contributed by atoms with Gasteiger partial charge in [0.1, 0.15) is 5.82 Å². The van der Waals surface area contributed by atoms with Crippen LogP contribution in [0.25, 0.3) is 11.4 Å². The van der Waals surface area contributed by atoms with Gasteiger partial charge in [0.05, 0.1) is 0 Å². The van der Waals surface area contributed by atoms with Crippen LogP contribution in [0.5, 0.6) is 0 Å². The Morgan fingerprint density at radius 1 is 1.31 bits per heavy atom. The van der Waals surface area contributed by atoms with Gasteiger partial charge in [0.25, 0.3) is 0 Å². The van der Waals surface area contributed by atoms with Crippen molar-refractivity contribution in [1.82, 2.24) is 9.97 Å². The average Bonchev–Trinajstić information content (AvgIpc) is 2.70. The first-order valence-electron chi connectivity index (χ1n) is 4.19. The van der Waals surface area contributed by atoms with Gasteiger partial charge in [-0.25, -0.2) is 4.98 Å². The van der Waals surface area contributed by atoms with Crippen LogP contribution in [0.4, 0.5) is 0 Å². The Hall–Kier alpha value is -1.61. The molecule has 66 valence electrons. The first-order valence-corrected chi connectivity index (χ1v) is 4.19. The fourth-order valence-corrected chi connectivity index (χ4v) is 1.34. The van der Waals surface area contributed by atoms with Gasteiger partial charge in [-0.3, -0.25) is 0 Å². The van der Waals surface area contributed by atoms with Crippen LogP contribution in [-0.4, -0.2) is 9.97 Å². The molecule has 0 atom stereocenters. The van der Waals surface area contributed by atoms with Gasteiger partial charge in [-0.15, -0.1) is 0 Å². The summed E-state index contributed by atoms with van der Waals surface area (Å²) in [5.74, 6) is 0.876. The van der Waals surface area contributed by atoms with Crippen molar-refractivity contribution in [3.8, 4) is 11.4 Å². The fraction of sp³-hybridized carbons (Fsp3) is 0.100. The summed E-state index contributed by atoms with van der Waals surface area (Å²) in [5, 5.41) is 0. The molecule has 0 bridgehead atoms. The fourth-order valence-electron chi connectivity index (χ4n) is 1.34. The molecule has 3 N–H and O–H groups in total. The summed E-state index contributed by atoms with van der Waals surface area (Å²) in [4.78, 5) is 7.25. The number of nitrogens with two attached hydrogens (primary N) is 1. The van der Waals surface area contributed by atoms with Crippen LogP contribution in [0.1, 0.15) is 5.56 Å². The van der Waals surface area contributed by atoms with E-state index < -0.39 is 0 Å². The highest BCUT2D eigenvalue weighted by molar-refractivity contribution is 5.59. The van der Waals surface area contributed by atoms with E-state index in [9.17, 15) is 0 Å². The minimum absolute atomic E-state index is 0.539. The lowest BCUT2D eigenvalue weighted by molar-refractivity contribution is 1.07. The molecule has 3 nitrogen and oxygen atoms in total. The molecule has 13 heavy (non-hydrogen) atoms. The molecule has 3 heteroatoms. The number of hydrogen-bond acceptors (Lipinski definition) is 2. The highest BCUT2D eigenvalue weighted by Crippen LogP contribution is 2.18. The van der Waals surface area contributed by atoms with E-state index in [4.69, 9.17) is 5.73 Å². The van der Waals surface area contributed by atoms with E-state index in [1.165, 1.54) is 0 Å². The van der Waals surface area contributed by atoms with Crippen LogP contribution >= 0.6 is 0 Å². The second kappa shape index (κ2) is 3.41. The summed E-state index contributed by atoms with van der Waals surface area (Å²) in [6.45, 7) is 0.539. The van der Waals surface area contributed by atoms with Crippen molar-refractivity contribution in [2.75, 3.05) is 0 Å². The van der Waals surface area contributed by atoms with Gasteiger partial charge >= 0.3 is 0 Å². The van der Waals surface area contributed by atoms with E-state index in [1.807, 2.05) is 30.5 Å². The first-order chi connectivity index (χ1) is 6.42. The molecular weight excluding hydrogens is 162 g/mol. The lowest BCUT2D eigenvalue weighted by Crippen LogP contribution is -1.98. The highest BCUT2D eigenvalue weighted by Gasteiger charge is 2.03. The molecule has 0 saturated carbocycles. The Kier molecular flexibility index (Phi) is 2.10. The molecule has 0 aliphatic heterocycles. The molecule has 0 unspecified atom stereocenters. The van der Waals surface area contributed by atoms with Crippen LogP contribution in [0.3, 0.4) is 0 Å². The topological polar surface area (TPSA) is 54.7 Å². The molecule has 2 aromatic rings. The Bertz CT molecular complexity index is 379. The molecular formula is C10H11N3. The molecule has 1 aromatic heterocycles. The van der Waals surface area contributed by atoms with E-state index >= 15 is 0 Å². The van der Waals surface area contributed by atoms with Crippen molar-refractivity contribution in [3.63, 3.8) is 0 Å². The zero-order valence-corrected chi connectivity index (χ0v) is 7.20. The average molecular weight is 173 g/mol. The maximum Gasteiger partial charge on any atom is 0.137 e. The highest BCUT2D eigenvalue weighted by atomic mass is 14.9. The van der Waals surface area contributed by atoms with Gasteiger partial charge in [0, 0.05) is 24.5 Å². The summed E-state index contributed by atoms with van der Waals surface area (Å²) in [6, 6.07) is 7.99. The van der Waals surface area contributed by atoms with Crippen LogP contribution in [0.2, 0.25) is 0 Å². The molecule has 1 heterocycles. The van der Waals surface area contributed by atoms with Crippen LogP contribution in [0.15, 0.2) is 36.7 Å². The number of rotatable bonds is 2. The SMILES string of the molecule is NCc1ccccc1-c1ncc[nH]1. The number of nitrogens with zero attached hydrogens (tertiary/aromatic N) is 1. The zero-order chi connectivity index (χ0) is 9.10. The van der Waals surface area contributed by atoms with Crippen molar-refractivity contribution in [2.45, 2.75) is 6.54 Å². The van der Waals surface area contributed by atoms with Crippen molar-refractivity contribution < 1.29 is 0 Å². The molecule has 0 fully saturated rings. The summed E-state index contributed by atoms with van der Waals surface area (Å²) in [5.41, 5.74) is 7.80. The third kappa shape index (κ3) is 1.46. The lowest BCUT2D eigenvalue weighted by Gasteiger charge is -2.03. The molecule has 0 saturated heterocycles. The Morgan fingerprint density at radius 2 is 2.15 bits per heavy atom. The summed E-state index contributed by atoms with van der Waals surface area (Å²) in [6.07, 6.45) is 3.55. The lowest BCUT2D eigenvalue weighted by atomic mass is 10.1. The number of hydrogen-bond donors (Lipinski definition) is 2. The molecule has 0 radical (unpaired) electrons.